The number of carbonyl (C=O) groups excluding carboxylic acids is 2. The highest BCUT2D eigenvalue weighted by atomic mass is 35.5. The van der Waals surface area contributed by atoms with E-state index in [1.165, 1.54) is 0 Å². The molecule has 0 radical (unpaired) electrons. The van der Waals surface area contributed by atoms with Crippen LogP contribution in [0.5, 0.6) is 0 Å². The quantitative estimate of drug-likeness (QED) is 0.708. The zero-order chi connectivity index (χ0) is 14.4. The van der Waals surface area contributed by atoms with Gasteiger partial charge in [-0.25, -0.2) is 0 Å². The first-order chi connectivity index (χ1) is 9.49. The van der Waals surface area contributed by atoms with Gasteiger partial charge in [0.1, 0.15) is 12.1 Å². The Kier molecular flexibility index (Phi) is 3.07. The zero-order valence-electron chi connectivity index (χ0n) is 10.9. The lowest BCUT2D eigenvalue weighted by molar-refractivity contribution is -0.123. The molecule has 2 atom stereocenters. The SMILES string of the molecule is CC1C(=O)NCCN1c1cc2c(cc1Cl)C(N)C(=O)N2. The van der Waals surface area contributed by atoms with Gasteiger partial charge in [0.2, 0.25) is 11.8 Å². The number of halogens is 1. The Morgan fingerprint density at radius 1 is 1.35 bits per heavy atom. The number of hydrogen-bond donors (Lipinski definition) is 3. The number of fused-ring (bicyclic) bond motifs is 1. The van der Waals surface area contributed by atoms with Crippen LogP contribution in [-0.2, 0) is 9.59 Å². The van der Waals surface area contributed by atoms with Crippen molar-refractivity contribution in [3.63, 3.8) is 0 Å². The largest absolute Gasteiger partial charge is 0.357 e. The Bertz CT molecular complexity index is 604. The standard InChI is InChI=1S/C13H15ClN4O2/c1-6-12(19)16-2-3-18(6)10-5-9-7(4-8(10)14)11(15)13(20)17-9/h4-6,11H,2-3,15H2,1H3,(H,16,19)(H,17,20). The third-order valence-corrected chi connectivity index (χ3v) is 4.11. The number of amides is 2. The predicted octanol–water partition coefficient (Wildman–Crippen LogP) is 0.617. The Morgan fingerprint density at radius 3 is 2.85 bits per heavy atom. The number of benzene rings is 1. The van der Waals surface area contributed by atoms with E-state index in [0.717, 1.165) is 5.69 Å². The van der Waals surface area contributed by atoms with Crippen LogP contribution >= 0.6 is 11.6 Å². The number of anilines is 2. The predicted molar refractivity (Wildman–Crippen MR) is 76.8 cm³/mol. The van der Waals surface area contributed by atoms with E-state index >= 15 is 0 Å². The molecule has 0 aliphatic carbocycles. The van der Waals surface area contributed by atoms with Gasteiger partial charge in [0.25, 0.3) is 0 Å². The summed E-state index contributed by atoms with van der Waals surface area (Å²) in [4.78, 5) is 25.3. The highest BCUT2D eigenvalue weighted by Gasteiger charge is 2.32. The number of nitrogens with zero attached hydrogens (tertiary/aromatic N) is 1. The first kappa shape index (κ1) is 13.2. The van der Waals surface area contributed by atoms with Crippen molar-refractivity contribution in [1.29, 1.82) is 0 Å². The molecule has 0 saturated carbocycles. The Labute approximate surface area is 121 Å². The second-order valence-electron chi connectivity index (χ2n) is 5.02. The van der Waals surface area contributed by atoms with Crippen molar-refractivity contribution in [3.05, 3.63) is 22.7 Å². The second-order valence-corrected chi connectivity index (χ2v) is 5.43. The summed E-state index contributed by atoms with van der Waals surface area (Å²) in [6.45, 7) is 3.07. The number of nitrogens with one attached hydrogen (secondary N) is 2. The Balaban J connectivity index is 2.01. The molecule has 1 fully saturated rings. The molecule has 1 aromatic rings. The summed E-state index contributed by atoms with van der Waals surface area (Å²) >= 11 is 6.30. The summed E-state index contributed by atoms with van der Waals surface area (Å²) in [5, 5.41) is 6.03. The summed E-state index contributed by atoms with van der Waals surface area (Å²) in [5.41, 5.74) is 7.89. The molecule has 2 heterocycles. The average molecular weight is 295 g/mol. The lowest BCUT2D eigenvalue weighted by Gasteiger charge is -2.35. The number of carbonyl (C=O) groups is 2. The van der Waals surface area contributed by atoms with Gasteiger partial charge in [-0.05, 0) is 19.1 Å². The lowest BCUT2D eigenvalue weighted by Crippen LogP contribution is -2.54. The van der Waals surface area contributed by atoms with Crippen LogP contribution in [0.1, 0.15) is 18.5 Å². The molecular weight excluding hydrogens is 280 g/mol. The third kappa shape index (κ3) is 1.92. The lowest BCUT2D eigenvalue weighted by atomic mass is 10.1. The molecule has 0 bridgehead atoms. The fourth-order valence-electron chi connectivity index (χ4n) is 2.63. The highest BCUT2D eigenvalue weighted by molar-refractivity contribution is 6.33. The number of piperazine rings is 1. The van der Waals surface area contributed by atoms with E-state index in [0.29, 0.717) is 29.4 Å². The minimum atomic E-state index is -0.682. The van der Waals surface area contributed by atoms with Crippen molar-refractivity contribution in [2.45, 2.75) is 19.0 Å². The van der Waals surface area contributed by atoms with Gasteiger partial charge < -0.3 is 21.3 Å². The van der Waals surface area contributed by atoms with Crippen LogP contribution in [0.2, 0.25) is 5.02 Å². The molecule has 6 nitrogen and oxygen atoms in total. The molecule has 3 rings (SSSR count). The molecular formula is C13H15ClN4O2. The maximum absolute atomic E-state index is 11.7. The van der Waals surface area contributed by atoms with Gasteiger partial charge in [0, 0.05) is 24.3 Å². The van der Waals surface area contributed by atoms with E-state index in [-0.39, 0.29) is 17.9 Å². The summed E-state index contributed by atoms with van der Waals surface area (Å²) < 4.78 is 0. The van der Waals surface area contributed by atoms with Crippen molar-refractivity contribution in [1.82, 2.24) is 5.32 Å². The van der Waals surface area contributed by atoms with Crippen molar-refractivity contribution in [2.24, 2.45) is 5.73 Å². The van der Waals surface area contributed by atoms with Gasteiger partial charge in [-0.2, -0.15) is 0 Å². The molecule has 0 spiro atoms. The molecule has 2 aliphatic rings. The number of rotatable bonds is 1. The average Bonchev–Trinajstić information content (AvgIpc) is 2.68. The minimum absolute atomic E-state index is 0.0337. The maximum Gasteiger partial charge on any atom is 0.245 e. The van der Waals surface area contributed by atoms with Crippen LogP contribution in [0, 0.1) is 0 Å². The number of nitrogens with two attached hydrogens (primary N) is 1. The van der Waals surface area contributed by atoms with Gasteiger partial charge in [0.15, 0.2) is 0 Å². The van der Waals surface area contributed by atoms with E-state index in [9.17, 15) is 9.59 Å². The summed E-state index contributed by atoms with van der Waals surface area (Å²) in [6.07, 6.45) is 0. The topological polar surface area (TPSA) is 87.5 Å². The fourth-order valence-corrected chi connectivity index (χ4v) is 2.91. The van der Waals surface area contributed by atoms with Gasteiger partial charge in [0.05, 0.1) is 10.7 Å². The van der Waals surface area contributed by atoms with Crippen LogP contribution in [0.4, 0.5) is 11.4 Å². The molecule has 7 heteroatoms. The van der Waals surface area contributed by atoms with Crippen LogP contribution in [0.3, 0.4) is 0 Å². The van der Waals surface area contributed by atoms with Crippen LogP contribution in [-0.4, -0.2) is 30.9 Å². The van der Waals surface area contributed by atoms with Crippen LogP contribution in [0.15, 0.2) is 12.1 Å². The fraction of sp³-hybridized carbons (Fsp3) is 0.385. The van der Waals surface area contributed by atoms with E-state index in [1.54, 1.807) is 12.1 Å². The molecule has 2 aliphatic heterocycles. The molecule has 106 valence electrons. The summed E-state index contributed by atoms with van der Waals surface area (Å²) in [7, 11) is 0. The zero-order valence-corrected chi connectivity index (χ0v) is 11.7. The van der Waals surface area contributed by atoms with Gasteiger partial charge >= 0.3 is 0 Å². The molecule has 20 heavy (non-hydrogen) atoms. The van der Waals surface area contributed by atoms with Crippen molar-refractivity contribution < 1.29 is 9.59 Å². The van der Waals surface area contributed by atoms with E-state index in [1.807, 2.05) is 11.8 Å². The smallest absolute Gasteiger partial charge is 0.245 e. The van der Waals surface area contributed by atoms with Crippen LogP contribution < -0.4 is 21.3 Å². The maximum atomic E-state index is 11.7. The van der Waals surface area contributed by atoms with E-state index in [4.69, 9.17) is 17.3 Å². The van der Waals surface area contributed by atoms with Gasteiger partial charge in [-0.3, -0.25) is 9.59 Å². The molecule has 4 N–H and O–H groups in total. The highest BCUT2D eigenvalue weighted by Crippen LogP contribution is 2.38. The molecule has 2 amide bonds. The minimum Gasteiger partial charge on any atom is -0.357 e. The molecule has 1 aromatic carbocycles. The Hall–Kier alpha value is -1.79. The van der Waals surface area contributed by atoms with Gasteiger partial charge in [-0.15, -0.1) is 0 Å². The molecule has 2 unspecified atom stereocenters. The Morgan fingerprint density at radius 2 is 2.10 bits per heavy atom. The monoisotopic (exact) mass is 294 g/mol. The van der Waals surface area contributed by atoms with E-state index < -0.39 is 6.04 Å². The van der Waals surface area contributed by atoms with Crippen LogP contribution in [0.25, 0.3) is 0 Å². The normalized spacial score (nSPS) is 25.2. The number of hydrogen-bond acceptors (Lipinski definition) is 4. The summed E-state index contributed by atoms with van der Waals surface area (Å²) in [5.74, 6) is -0.272. The second kappa shape index (κ2) is 4.64. The first-order valence-electron chi connectivity index (χ1n) is 6.43. The van der Waals surface area contributed by atoms with Gasteiger partial charge in [-0.1, -0.05) is 11.6 Å². The first-order valence-corrected chi connectivity index (χ1v) is 6.81. The van der Waals surface area contributed by atoms with Crippen molar-refractivity contribution in [2.75, 3.05) is 23.3 Å². The molecule has 1 saturated heterocycles. The van der Waals surface area contributed by atoms with Crippen molar-refractivity contribution >= 4 is 34.8 Å². The van der Waals surface area contributed by atoms with Crippen molar-refractivity contribution in [3.8, 4) is 0 Å². The van der Waals surface area contributed by atoms with E-state index in [2.05, 4.69) is 10.6 Å². The molecule has 0 aromatic heterocycles. The summed E-state index contributed by atoms with van der Waals surface area (Å²) in [6, 6.07) is 2.51. The third-order valence-electron chi connectivity index (χ3n) is 3.80.